The molecule has 2 unspecified atom stereocenters. The largest absolute Gasteiger partial charge is 0.364 e. The fraction of sp³-hybridized carbons (Fsp3) is 0.474. The van der Waals surface area contributed by atoms with Crippen molar-refractivity contribution in [1.29, 1.82) is 0 Å². The lowest BCUT2D eigenvalue weighted by Crippen LogP contribution is -2.52. The van der Waals surface area contributed by atoms with Crippen LogP contribution < -0.4 is 5.32 Å². The van der Waals surface area contributed by atoms with E-state index < -0.39 is 0 Å². The minimum atomic E-state index is 0.445. The van der Waals surface area contributed by atoms with Crippen LogP contribution in [-0.2, 0) is 6.54 Å². The summed E-state index contributed by atoms with van der Waals surface area (Å²) in [6.07, 6.45) is 2.76. The second kappa shape index (κ2) is 7.68. The number of piperazine rings is 1. The third kappa shape index (κ3) is 4.02. The van der Waals surface area contributed by atoms with E-state index in [1.807, 2.05) is 25.2 Å². The Morgan fingerprint density at radius 3 is 2.85 bits per heavy atom. The topological polar surface area (TPSA) is 56.9 Å². The summed E-state index contributed by atoms with van der Waals surface area (Å²) in [5, 5.41) is 8.43. The van der Waals surface area contributed by atoms with Gasteiger partial charge in [0.1, 0.15) is 6.26 Å². The number of aliphatic imine (C=N–C) groups is 1. The van der Waals surface area contributed by atoms with Gasteiger partial charge < -0.3 is 14.7 Å². The molecule has 1 saturated carbocycles. The molecule has 1 aromatic heterocycles. The van der Waals surface area contributed by atoms with Gasteiger partial charge in [-0.1, -0.05) is 28.9 Å². The van der Waals surface area contributed by atoms with E-state index in [1.54, 1.807) is 6.26 Å². The van der Waals surface area contributed by atoms with Crippen molar-refractivity contribution >= 4 is 17.6 Å². The molecular weight excluding hydrogens is 350 g/mol. The Morgan fingerprint density at radius 1 is 1.31 bits per heavy atom. The van der Waals surface area contributed by atoms with Crippen LogP contribution in [0.4, 0.5) is 0 Å². The number of nitrogens with one attached hydrogen (secondary N) is 1. The average molecular weight is 374 g/mol. The van der Waals surface area contributed by atoms with E-state index in [9.17, 15) is 0 Å². The number of guanidine groups is 1. The first-order valence-electron chi connectivity index (χ1n) is 9.08. The van der Waals surface area contributed by atoms with Gasteiger partial charge in [0, 0.05) is 62.8 Å². The minimum absolute atomic E-state index is 0.445. The first kappa shape index (κ1) is 17.4. The molecular formula is C19H24ClN5O. The minimum Gasteiger partial charge on any atom is -0.364 e. The molecule has 138 valence electrons. The molecule has 2 atom stereocenters. The molecule has 1 aliphatic heterocycles. The highest BCUT2D eigenvalue weighted by molar-refractivity contribution is 6.30. The Kier molecular flexibility index (Phi) is 5.13. The standard InChI is InChI=1S/C19H24ClN5O/c1-21-19(22-18-12-17(18)14-3-2-4-15(20)11-14)25-8-6-24(7-9-25)13-16-5-10-26-23-16/h2-5,10-11,17-18H,6-9,12-13H2,1H3,(H,21,22). The molecule has 7 heteroatoms. The molecule has 1 aliphatic carbocycles. The van der Waals surface area contributed by atoms with Crippen molar-refractivity contribution < 1.29 is 4.52 Å². The quantitative estimate of drug-likeness (QED) is 0.659. The van der Waals surface area contributed by atoms with Crippen molar-refractivity contribution in [2.75, 3.05) is 33.2 Å². The fourth-order valence-electron chi connectivity index (χ4n) is 3.59. The summed E-state index contributed by atoms with van der Waals surface area (Å²) in [5.41, 5.74) is 2.30. The van der Waals surface area contributed by atoms with Crippen LogP contribution in [0.15, 0.2) is 46.1 Å². The number of hydrogen-bond donors (Lipinski definition) is 1. The summed E-state index contributed by atoms with van der Waals surface area (Å²) in [6, 6.07) is 10.5. The molecule has 26 heavy (non-hydrogen) atoms. The molecule has 0 radical (unpaired) electrons. The van der Waals surface area contributed by atoms with Crippen molar-refractivity contribution in [3.05, 3.63) is 52.9 Å². The van der Waals surface area contributed by atoms with Gasteiger partial charge >= 0.3 is 0 Å². The third-order valence-corrected chi connectivity index (χ3v) is 5.38. The highest BCUT2D eigenvalue weighted by Gasteiger charge is 2.39. The highest BCUT2D eigenvalue weighted by Crippen LogP contribution is 2.41. The second-order valence-corrected chi connectivity index (χ2v) is 7.39. The van der Waals surface area contributed by atoms with Crippen LogP contribution in [0.1, 0.15) is 23.6 Å². The van der Waals surface area contributed by atoms with Gasteiger partial charge in [-0.3, -0.25) is 9.89 Å². The van der Waals surface area contributed by atoms with Crippen LogP contribution in [0.3, 0.4) is 0 Å². The van der Waals surface area contributed by atoms with Crippen molar-refractivity contribution in [3.8, 4) is 0 Å². The molecule has 2 aliphatic rings. The van der Waals surface area contributed by atoms with Crippen LogP contribution in [0.5, 0.6) is 0 Å². The normalized spacial score (nSPS) is 23.9. The predicted octanol–water partition coefficient (Wildman–Crippen LogP) is 2.58. The number of hydrogen-bond acceptors (Lipinski definition) is 4. The summed E-state index contributed by atoms with van der Waals surface area (Å²) >= 11 is 6.12. The number of rotatable bonds is 4. The van der Waals surface area contributed by atoms with Crippen LogP contribution >= 0.6 is 11.6 Å². The second-order valence-electron chi connectivity index (χ2n) is 6.95. The molecule has 0 amide bonds. The molecule has 1 aromatic carbocycles. The van der Waals surface area contributed by atoms with Crippen molar-refractivity contribution in [2.24, 2.45) is 4.99 Å². The van der Waals surface area contributed by atoms with Gasteiger partial charge in [0.05, 0.1) is 5.69 Å². The van der Waals surface area contributed by atoms with Crippen molar-refractivity contribution in [1.82, 2.24) is 20.3 Å². The van der Waals surface area contributed by atoms with Crippen LogP contribution in [0.25, 0.3) is 0 Å². The van der Waals surface area contributed by atoms with Gasteiger partial charge in [0.25, 0.3) is 0 Å². The molecule has 0 bridgehead atoms. The monoisotopic (exact) mass is 373 g/mol. The molecule has 2 fully saturated rings. The molecule has 2 heterocycles. The summed E-state index contributed by atoms with van der Waals surface area (Å²) in [5.74, 6) is 1.53. The number of benzene rings is 1. The first-order valence-corrected chi connectivity index (χ1v) is 9.46. The Morgan fingerprint density at radius 2 is 2.15 bits per heavy atom. The number of halogens is 1. The zero-order valence-electron chi connectivity index (χ0n) is 14.9. The first-order chi connectivity index (χ1) is 12.7. The molecule has 6 nitrogen and oxygen atoms in total. The molecule has 0 spiro atoms. The Labute approximate surface area is 158 Å². The van der Waals surface area contributed by atoms with Crippen LogP contribution in [0.2, 0.25) is 5.02 Å². The molecule has 1 N–H and O–H groups in total. The SMILES string of the molecule is CN=C(NC1CC1c1cccc(Cl)c1)N1CCN(Cc2ccon2)CC1. The van der Waals surface area contributed by atoms with Crippen molar-refractivity contribution in [2.45, 2.75) is 24.9 Å². The summed E-state index contributed by atoms with van der Waals surface area (Å²) in [7, 11) is 1.86. The lowest BCUT2D eigenvalue weighted by molar-refractivity contribution is 0.169. The lowest BCUT2D eigenvalue weighted by Gasteiger charge is -2.36. The molecule has 1 saturated heterocycles. The molecule has 2 aromatic rings. The van der Waals surface area contributed by atoms with Gasteiger partial charge in [0.15, 0.2) is 5.96 Å². The van der Waals surface area contributed by atoms with Crippen LogP contribution in [-0.4, -0.2) is 60.2 Å². The van der Waals surface area contributed by atoms with E-state index in [0.717, 1.165) is 55.8 Å². The fourth-order valence-corrected chi connectivity index (χ4v) is 3.79. The van der Waals surface area contributed by atoms with Crippen molar-refractivity contribution in [3.63, 3.8) is 0 Å². The van der Waals surface area contributed by atoms with Gasteiger partial charge in [-0.05, 0) is 24.1 Å². The average Bonchev–Trinajstić information content (AvgIpc) is 3.25. The van der Waals surface area contributed by atoms with Gasteiger partial charge in [-0.25, -0.2) is 0 Å². The van der Waals surface area contributed by atoms with E-state index >= 15 is 0 Å². The maximum absolute atomic E-state index is 6.12. The van der Waals surface area contributed by atoms with Crippen LogP contribution in [0, 0.1) is 0 Å². The van der Waals surface area contributed by atoms with E-state index in [0.29, 0.717) is 12.0 Å². The van der Waals surface area contributed by atoms with Gasteiger partial charge in [0.2, 0.25) is 0 Å². The summed E-state index contributed by atoms with van der Waals surface area (Å²) in [6.45, 7) is 4.76. The number of nitrogens with zero attached hydrogens (tertiary/aromatic N) is 4. The molecule has 4 rings (SSSR count). The van der Waals surface area contributed by atoms with E-state index in [-0.39, 0.29) is 0 Å². The van der Waals surface area contributed by atoms with E-state index in [2.05, 4.69) is 37.4 Å². The smallest absolute Gasteiger partial charge is 0.193 e. The predicted molar refractivity (Wildman–Crippen MR) is 102 cm³/mol. The zero-order chi connectivity index (χ0) is 17.9. The highest BCUT2D eigenvalue weighted by atomic mass is 35.5. The summed E-state index contributed by atoms with van der Waals surface area (Å²) < 4.78 is 4.91. The van der Waals surface area contributed by atoms with E-state index in [1.165, 1.54) is 5.56 Å². The lowest BCUT2D eigenvalue weighted by atomic mass is 10.1. The zero-order valence-corrected chi connectivity index (χ0v) is 15.7. The summed E-state index contributed by atoms with van der Waals surface area (Å²) in [4.78, 5) is 9.23. The Balaban J connectivity index is 1.28. The van der Waals surface area contributed by atoms with Gasteiger partial charge in [-0.2, -0.15) is 0 Å². The maximum Gasteiger partial charge on any atom is 0.193 e. The Bertz CT molecular complexity index is 755. The Hall–Kier alpha value is -2.05. The maximum atomic E-state index is 6.12. The third-order valence-electron chi connectivity index (χ3n) is 5.14. The number of aromatic nitrogens is 1. The van der Waals surface area contributed by atoms with E-state index in [4.69, 9.17) is 16.1 Å². The van der Waals surface area contributed by atoms with Gasteiger partial charge in [-0.15, -0.1) is 0 Å².